The minimum absolute atomic E-state index is 0.0162. The molecule has 4 nitrogen and oxygen atoms in total. The Labute approximate surface area is 137 Å². The Morgan fingerprint density at radius 2 is 2.05 bits per heavy atom. The summed E-state index contributed by atoms with van der Waals surface area (Å²) in [6.45, 7) is 4.55. The number of thiophene rings is 2. The molecular weight excluding hydrogens is 314 g/mol. The highest BCUT2D eigenvalue weighted by molar-refractivity contribution is 7.08. The van der Waals surface area contributed by atoms with Gasteiger partial charge in [-0.25, -0.2) is 0 Å². The zero-order valence-electron chi connectivity index (χ0n) is 12.4. The largest absolute Gasteiger partial charge is 0.350 e. The van der Waals surface area contributed by atoms with E-state index in [1.54, 1.807) is 11.3 Å². The zero-order chi connectivity index (χ0) is 15.5. The van der Waals surface area contributed by atoms with Gasteiger partial charge < -0.3 is 5.32 Å². The molecule has 1 N–H and O–H groups in total. The third-order valence-corrected chi connectivity index (χ3v) is 4.89. The number of hydrogen-bond donors (Lipinski definition) is 1. The van der Waals surface area contributed by atoms with Crippen molar-refractivity contribution >= 4 is 28.6 Å². The normalized spacial score (nSPS) is 12.3. The molecule has 0 aliphatic rings. The number of aryl methyl sites for hydroxylation is 2. The van der Waals surface area contributed by atoms with Crippen LogP contribution >= 0.6 is 22.7 Å². The maximum absolute atomic E-state index is 12.2. The summed E-state index contributed by atoms with van der Waals surface area (Å²) in [6, 6.07) is 5.99. The van der Waals surface area contributed by atoms with E-state index in [9.17, 15) is 4.79 Å². The van der Waals surface area contributed by atoms with E-state index in [-0.39, 0.29) is 11.9 Å². The van der Waals surface area contributed by atoms with Crippen LogP contribution in [0.1, 0.15) is 33.4 Å². The highest BCUT2D eigenvalue weighted by Crippen LogP contribution is 2.22. The van der Waals surface area contributed by atoms with Crippen molar-refractivity contribution in [3.8, 4) is 0 Å². The highest BCUT2D eigenvalue weighted by Gasteiger charge is 2.19. The van der Waals surface area contributed by atoms with Crippen LogP contribution in [0.3, 0.4) is 0 Å². The molecule has 3 aromatic heterocycles. The molecule has 0 fully saturated rings. The number of nitrogens with zero attached hydrogens (tertiary/aromatic N) is 2. The Bertz CT molecular complexity index is 745. The summed E-state index contributed by atoms with van der Waals surface area (Å²) in [7, 11) is 0. The van der Waals surface area contributed by atoms with Gasteiger partial charge in [0.05, 0.1) is 11.7 Å². The molecule has 0 aromatic carbocycles. The van der Waals surface area contributed by atoms with E-state index in [1.165, 1.54) is 16.9 Å². The number of carbonyl (C=O) groups excluding carboxylic acids is 1. The third-order valence-electron chi connectivity index (χ3n) is 3.51. The first-order valence-corrected chi connectivity index (χ1v) is 8.89. The van der Waals surface area contributed by atoms with Crippen LogP contribution in [0.4, 0.5) is 0 Å². The Morgan fingerprint density at radius 3 is 2.64 bits per heavy atom. The van der Waals surface area contributed by atoms with Crippen molar-refractivity contribution in [1.82, 2.24) is 15.1 Å². The van der Waals surface area contributed by atoms with Gasteiger partial charge >= 0.3 is 0 Å². The molecule has 0 saturated carbocycles. The van der Waals surface area contributed by atoms with Crippen LogP contribution in [0.25, 0.3) is 0 Å². The first-order chi connectivity index (χ1) is 10.6. The lowest BCUT2D eigenvalue weighted by molar-refractivity contribution is 0.0949. The molecule has 22 heavy (non-hydrogen) atoms. The molecule has 0 radical (unpaired) electrons. The SMILES string of the molecule is Cc1cc(C)n(C(CNC(=O)c2ccsc2)c2ccsc2)n1. The third kappa shape index (κ3) is 3.13. The van der Waals surface area contributed by atoms with Gasteiger partial charge in [-0.3, -0.25) is 9.48 Å². The molecule has 0 aliphatic heterocycles. The van der Waals surface area contributed by atoms with Crippen molar-refractivity contribution < 1.29 is 4.79 Å². The smallest absolute Gasteiger partial charge is 0.252 e. The van der Waals surface area contributed by atoms with Crippen molar-refractivity contribution in [2.75, 3.05) is 6.54 Å². The standard InChI is InChI=1S/C16H17N3OS2/c1-11-7-12(2)19(18-11)15(13-3-5-21-9-13)8-17-16(20)14-4-6-22-10-14/h3-7,9-10,15H,8H2,1-2H3,(H,17,20). The van der Waals surface area contributed by atoms with E-state index in [0.717, 1.165) is 11.4 Å². The first kappa shape index (κ1) is 15.0. The summed E-state index contributed by atoms with van der Waals surface area (Å²) in [6.07, 6.45) is 0. The molecule has 1 atom stereocenters. The van der Waals surface area contributed by atoms with Crippen LogP contribution in [0.5, 0.6) is 0 Å². The van der Waals surface area contributed by atoms with E-state index in [2.05, 4.69) is 33.3 Å². The van der Waals surface area contributed by atoms with Gasteiger partial charge in [-0.15, -0.1) is 0 Å². The molecule has 114 valence electrons. The Balaban J connectivity index is 1.81. The van der Waals surface area contributed by atoms with Gasteiger partial charge in [0.2, 0.25) is 0 Å². The number of nitrogens with one attached hydrogen (secondary N) is 1. The molecule has 0 saturated heterocycles. The quantitative estimate of drug-likeness (QED) is 0.776. The van der Waals surface area contributed by atoms with Crippen LogP contribution in [0.15, 0.2) is 39.7 Å². The average Bonchev–Trinajstić information content (AvgIpc) is 3.22. The van der Waals surface area contributed by atoms with Gasteiger partial charge in [0, 0.05) is 23.2 Å². The topological polar surface area (TPSA) is 46.9 Å². The lowest BCUT2D eigenvalue weighted by Crippen LogP contribution is -2.31. The second-order valence-corrected chi connectivity index (χ2v) is 6.73. The Hall–Kier alpha value is -1.92. The molecular formula is C16H17N3OS2. The fourth-order valence-electron chi connectivity index (χ4n) is 2.46. The molecule has 0 aliphatic carbocycles. The summed E-state index contributed by atoms with van der Waals surface area (Å²) < 4.78 is 1.99. The second kappa shape index (κ2) is 6.46. The van der Waals surface area contributed by atoms with E-state index in [0.29, 0.717) is 12.1 Å². The lowest BCUT2D eigenvalue weighted by atomic mass is 10.1. The van der Waals surface area contributed by atoms with Crippen molar-refractivity contribution in [3.05, 3.63) is 62.2 Å². The van der Waals surface area contributed by atoms with Crippen molar-refractivity contribution in [2.24, 2.45) is 0 Å². The summed E-state index contributed by atoms with van der Waals surface area (Å²) >= 11 is 3.18. The van der Waals surface area contributed by atoms with E-state index < -0.39 is 0 Å². The molecule has 3 rings (SSSR count). The molecule has 0 spiro atoms. The number of carbonyl (C=O) groups is 1. The predicted octanol–water partition coefficient (Wildman–Crippen LogP) is 3.64. The monoisotopic (exact) mass is 331 g/mol. The van der Waals surface area contributed by atoms with E-state index in [4.69, 9.17) is 0 Å². The van der Waals surface area contributed by atoms with Gasteiger partial charge in [-0.1, -0.05) is 0 Å². The lowest BCUT2D eigenvalue weighted by Gasteiger charge is -2.19. The van der Waals surface area contributed by atoms with Gasteiger partial charge in [0.15, 0.2) is 0 Å². The maximum Gasteiger partial charge on any atom is 0.252 e. The van der Waals surface area contributed by atoms with Crippen molar-refractivity contribution in [2.45, 2.75) is 19.9 Å². The fourth-order valence-corrected chi connectivity index (χ4v) is 3.80. The van der Waals surface area contributed by atoms with Crippen molar-refractivity contribution in [1.29, 1.82) is 0 Å². The van der Waals surface area contributed by atoms with Crippen LogP contribution in [-0.4, -0.2) is 22.2 Å². The fraction of sp³-hybridized carbons (Fsp3) is 0.250. The summed E-state index contributed by atoms with van der Waals surface area (Å²) in [5, 5.41) is 15.5. The van der Waals surface area contributed by atoms with Crippen molar-refractivity contribution in [3.63, 3.8) is 0 Å². The first-order valence-electron chi connectivity index (χ1n) is 7.00. The van der Waals surface area contributed by atoms with Gasteiger partial charge in [-0.05, 0) is 53.8 Å². The van der Waals surface area contributed by atoms with Crippen LogP contribution in [-0.2, 0) is 0 Å². The molecule has 3 heterocycles. The average molecular weight is 331 g/mol. The van der Waals surface area contributed by atoms with Gasteiger partial charge in [0.25, 0.3) is 5.91 Å². The minimum atomic E-state index is -0.0389. The number of rotatable bonds is 5. The minimum Gasteiger partial charge on any atom is -0.350 e. The summed E-state index contributed by atoms with van der Waals surface area (Å²) in [5.41, 5.74) is 3.96. The van der Waals surface area contributed by atoms with Gasteiger partial charge in [-0.2, -0.15) is 27.8 Å². The number of hydrogen-bond acceptors (Lipinski definition) is 4. The van der Waals surface area contributed by atoms with Gasteiger partial charge in [0.1, 0.15) is 0 Å². The van der Waals surface area contributed by atoms with E-state index >= 15 is 0 Å². The van der Waals surface area contributed by atoms with Crippen LogP contribution in [0, 0.1) is 13.8 Å². The molecule has 0 bridgehead atoms. The molecule has 1 amide bonds. The summed E-state index contributed by atoms with van der Waals surface area (Å²) in [5.74, 6) is -0.0389. The Kier molecular flexibility index (Phi) is 4.40. The highest BCUT2D eigenvalue weighted by atomic mass is 32.1. The predicted molar refractivity (Wildman–Crippen MR) is 90.8 cm³/mol. The maximum atomic E-state index is 12.2. The number of aromatic nitrogens is 2. The molecule has 1 unspecified atom stereocenters. The molecule has 6 heteroatoms. The van der Waals surface area contributed by atoms with E-state index in [1.807, 2.05) is 35.4 Å². The summed E-state index contributed by atoms with van der Waals surface area (Å²) in [4.78, 5) is 12.2. The molecule has 3 aromatic rings. The van der Waals surface area contributed by atoms with Crippen LogP contribution < -0.4 is 5.32 Å². The Morgan fingerprint density at radius 1 is 1.27 bits per heavy atom. The number of amides is 1. The van der Waals surface area contributed by atoms with Crippen LogP contribution in [0.2, 0.25) is 0 Å². The second-order valence-electron chi connectivity index (χ2n) is 5.17. The zero-order valence-corrected chi connectivity index (χ0v) is 14.1.